The van der Waals surface area contributed by atoms with Crippen LogP contribution in [0.4, 0.5) is 0 Å². The molecule has 90 valence electrons. The van der Waals surface area contributed by atoms with Gasteiger partial charge in [-0.25, -0.2) is 9.38 Å². The van der Waals surface area contributed by atoms with Gasteiger partial charge in [-0.1, -0.05) is 24.3 Å². The first kappa shape index (κ1) is 11.6. The van der Waals surface area contributed by atoms with Crippen molar-refractivity contribution in [3.05, 3.63) is 45.8 Å². The molecular formula is C12H8BrClN4. The van der Waals surface area contributed by atoms with Crippen LogP contribution in [0.25, 0.3) is 17.0 Å². The molecule has 0 fully saturated rings. The Kier molecular flexibility index (Phi) is 2.80. The van der Waals surface area contributed by atoms with Crippen molar-refractivity contribution in [2.24, 2.45) is 0 Å². The van der Waals surface area contributed by atoms with Gasteiger partial charge < -0.3 is 0 Å². The molecule has 1 aromatic carbocycles. The van der Waals surface area contributed by atoms with E-state index in [9.17, 15) is 0 Å². The zero-order chi connectivity index (χ0) is 12.7. The highest BCUT2D eigenvalue weighted by atomic mass is 79.9. The fourth-order valence-electron chi connectivity index (χ4n) is 1.84. The first-order valence-electron chi connectivity index (χ1n) is 5.29. The highest BCUT2D eigenvalue weighted by Crippen LogP contribution is 2.27. The number of nitrogens with zero attached hydrogens (tertiary/aromatic N) is 4. The normalized spacial score (nSPS) is 11.1. The molecule has 0 aliphatic heterocycles. The third-order valence-electron chi connectivity index (χ3n) is 2.73. The second kappa shape index (κ2) is 4.33. The quantitative estimate of drug-likeness (QED) is 0.644. The molecule has 0 amide bonds. The van der Waals surface area contributed by atoms with E-state index in [0.717, 1.165) is 15.6 Å². The summed E-state index contributed by atoms with van der Waals surface area (Å²) in [5.74, 6) is 0.696. The summed E-state index contributed by atoms with van der Waals surface area (Å²) < 4.78 is 2.49. The molecule has 0 radical (unpaired) electrons. The molecule has 3 aromatic rings. The van der Waals surface area contributed by atoms with Crippen LogP contribution in [0.2, 0.25) is 5.28 Å². The van der Waals surface area contributed by atoms with Gasteiger partial charge in [0.2, 0.25) is 5.28 Å². The van der Waals surface area contributed by atoms with E-state index < -0.39 is 0 Å². The monoisotopic (exact) mass is 322 g/mol. The van der Waals surface area contributed by atoms with Crippen molar-refractivity contribution in [1.29, 1.82) is 0 Å². The van der Waals surface area contributed by atoms with Crippen LogP contribution in [0.15, 0.2) is 34.9 Å². The van der Waals surface area contributed by atoms with Crippen LogP contribution in [0.5, 0.6) is 0 Å². The summed E-state index contributed by atoms with van der Waals surface area (Å²) in [6.45, 7) is 2.02. The summed E-state index contributed by atoms with van der Waals surface area (Å²) in [4.78, 5) is 4.10. The van der Waals surface area contributed by atoms with Crippen LogP contribution >= 0.6 is 27.5 Å². The van der Waals surface area contributed by atoms with Gasteiger partial charge in [-0.2, -0.15) is 0 Å². The molecule has 0 N–H and O–H groups in total. The summed E-state index contributed by atoms with van der Waals surface area (Å²) in [6, 6.07) is 7.96. The van der Waals surface area contributed by atoms with E-state index >= 15 is 0 Å². The molecule has 2 aromatic heterocycles. The summed E-state index contributed by atoms with van der Waals surface area (Å²) in [6.07, 6.45) is 1.62. The minimum absolute atomic E-state index is 0.344. The molecule has 0 aliphatic rings. The Labute approximate surface area is 117 Å². The summed E-state index contributed by atoms with van der Waals surface area (Å²) in [5, 5.41) is 8.69. The van der Waals surface area contributed by atoms with Crippen molar-refractivity contribution in [2.45, 2.75) is 6.92 Å². The molecule has 0 bridgehead atoms. The Morgan fingerprint density at radius 3 is 2.78 bits per heavy atom. The van der Waals surface area contributed by atoms with Crippen LogP contribution in [-0.4, -0.2) is 19.6 Å². The van der Waals surface area contributed by atoms with Crippen LogP contribution in [0.1, 0.15) is 5.56 Å². The second-order valence-corrected chi connectivity index (χ2v) is 5.07. The number of hydrogen-bond acceptors (Lipinski definition) is 3. The average Bonchev–Trinajstić information content (AvgIpc) is 2.80. The molecular weight excluding hydrogens is 316 g/mol. The van der Waals surface area contributed by atoms with Crippen LogP contribution in [-0.2, 0) is 0 Å². The molecule has 3 rings (SSSR count). The van der Waals surface area contributed by atoms with Crippen LogP contribution in [0.3, 0.4) is 0 Å². The third kappa shape index (κ3) is 1.71. The minimum Gasteiger partial charge on any atom is -0.248 e. The lowest BCUT2D eigenvalue weighted by Gasteiger charge is -2.05. The second-order valence-electron chi connectivity index (χ2n) is 3.87. The van der Waals surface area contributed by atoms with Gasteiger partial charge in [0, 0.05) is 11.8 Å². The van der Waals surface area contributed by atoms with Crippen molar-refractivity contribution in [3.8, 4) is 11.4 Å². The Hall–Kier alpha value is -1.46. The first-order chi connectivity index (χ1) is 8.68. The smallest absolute Gasteiger partial charge is 0.210 e. The summed E-state index contributed by atoms with van der Waals surface area (Å²) in [7, 11) is 0. The summed E-state index contributed by atoms with van der Waals surface area (Å²) >= 11 is 9.52. The SMILES string of the molecule is Cc1ccccc1-c1nnc2c(Br)cnc(Cl)n12. The maximum absolute atomic E-state index is 6.13. The lowest BCUT2D eigenvalue weighted by Crippen LogP contribution is -1.95. The highest BCUT2D eigenvalue weighted by molar-refractivity contribution is 9.10. The van der Waals surface area contributed by atoms with Crippen LogP contribution < -0.4 is 0 Å². The van der Waals surface area contributed by atoms with E-state index in [1.165, 1.54) is 0 Å². The molecule has 0 unspecified atom stereocenters. The van der Waals surface area contributed by atoms with Crippen molar-refractivity contribution < 1.29 is 0 Å². The van der Waals surface area contributed by atoms with Crippen molar-refractivity contribution in [3.63, 3.8) is 0 Å². The number of fused-ring (bicyclic) bond motifs is 1. The van der Waals surface area contributed by atoms with Gasteiger partial charge in [-0.05, 0) is 40.0 Å². The Balaban J connectivity index is 2.38. The Morgan fingerprint density at radius 2 is 2.00 bits per heavy atom. The number of halogens is 2. The van der Waals surface area contributed by atoms with Crippen LogP contribution in [0, 0.1) is 6.92 Å². The lowest BCUT2D eigenvalue weighted by atomic mass is 10.1. The molecule has 0 spiro atoms. The maximum atomic E-state index is 6.13. The number of hydrogen-bond donors (Lipinski definition) is 0. The first-order valence-corrected chi connectivity index (χ1v) is 6.46. The molecule has 0 saturated carbocycles. The Morgan fingerprint density at radius 1 is 1.22 bits per heavy atom. The number of benzene rings is 1. The highest BCUT2D eigenvalue weighted by Gasteiger charge is 2.14. The van der Waals surface area contributed by atoms with Crippen molar-refractivity contribution >= 4 is 33.2 Å². The van der Waals surface area contributed by atoms with E-state index in [2.05, 4.69) is 31.1 Å². The van der Waals surface area contributed by atoms with E-state index in [4.69, 9.17) is 11.6 Å². The molecule has 2 heterocycles. The number of aryl methyl sites for hydroxylation is 1. The fourth-order valence-corrected chi connectivity index (χ4v) is 2.41. The number of rotatable bonds is 1. The zero-order valence-electron chi connectivity index (χ0n) is 9.43. The van der Waals surface area contributed by atoms with Gasteiger partial charge in [0.05, 0.1) is 4.47 Å². The standard InChI is InChI=1S/C12H8BrClN4/c1-7-4-2-3-5-8(7)10-16-17-11-9(13)6-15-12(14)18(10)11/h2-6H,1H3. The van der Waals surface area contributed by atoms with Gasteiger partial charge in [-0.15, -0.1) is 10.2 Å². The fraction of sp³-hybridized carbons (Fsp3) is 0.0833. The van der Waals surface area contributed by atoms with E-state index in [-0.39, 0.29) is 0 Å². The molecule has 0 aliphatic carbocycles. The molecule has 6 heteroatoms. The van der Waals surface area contributed by atoms with E-state index in [1.54, 1.807) is 10.6 Å². The van der Waals surface area contributed by atoms with E-state index in [0.29, 0.717) is 16.8 Å². The van der Waals surface area contributed by atoms with E-state index in [1.807, 2.05) is 31.2 Å². The molecule has 4 nitrogen and oxygen atoms in total. The van der Waals surface area contributed by atoms with Gasteiger partial charge in [0.15, 0.2) is 11.5 Å². The average molecular weight is 324 g/mol. The van der Waals surface area contributed by atoms with Gasteiger partial charge in [-0.3, -0.25) is 0 Å². The largest absolute Gasteiger partial charge is 0.248 e. The zero-order valence-corrected chi connectivity index (χ0v) is 11.8. The molecule has 0 saturated heterocycles. The predicted octanol–water partition coefficient (Wildman–Crippen LogP) is 3.52. The predicted molar refractivity (Wildman–Crippen MR) is 73.7 cm³/mol. The molecule has 0 atom stereocenters. The minimum atomic E-state index is 0.344. The topological polar surface area (TPSA) is 43.1 Å². The maximum Gasteiger partial charge on any atom is 0.210 e. The van der Waals surface area contributed by atoms with Gasteiger partial charge in [0.25, 0.3) is 0 Å². The Bertz CT molecular complexity index is 738. The van der Waals surface area contributed by atoms with Gasteiger partial charge >= 0.3 is 0 Å². The summed E-state index contributed by atoms with van der Waals surface area (Å²) in [5.41, 5.74) is 2.77. The van der Waals surface area contributed by atoms with Crippen molar-refractivity contribution in [2.75, 3.05) is 0 Å². The van der Waals surface area contributed by atoms with Crippen molar-refractivity contribution in [1.82, 2.24) is 19.6 Å². The lowest BCUT2D eigenvalue weighted by molar-refractivity contribution is 1.07. The van der Waals surface area contributed by atoms with Gasteiger partial charge in [0.1, 0.15) is 0 Å². The number of aromatic nitrogens is 4. The molecule has 18 heavy (non-hydrogen) atoms. The third-order valence-corrected chi connectivity index (χ3v) is 3.56.